The average Bonchev–Trinajstić information content (AvgIpc) is 2.74. The maximum Gasteiger partial charge on any atom is 0.228 e. The summed E-state index contributed by atoms with van der Waals surface area (Å²) in [6.45, 7) is 6.97. The number of imidazole rings is 1. The van der Waals surface area contributed by atoms with Crippen LogP contribution in [-0.4, -0.2) is 33.8 Å². The van der Waals surface area contributed by atoms with Crippen LogP contribution < -0.4 is 0 Å². The molecule has 0 radical (unpaired) electrons. The Bertz CT molecular complexity index is 615. The van der Waals surface area contributed by atoms with Gasteiger partial charge in [0.15, 0.2) is 0 Å². The summed E-state index contributed by atoms with van der Waals surface area (Å²) in [7, 11) is 1.88. The number of aromatic nitrogens is 2. The molecule has 2 aromatic heterocycles. The van der Waals surface area contributed by atoms with E-state index in [-0.39, 0.29) is 5.91 Å². The lowest BCUT2D eigenvalue weighted by Crippen LogP contribution is -2.29. The van der Waals surface area contributed by atoms with Crippen LogP contribution in [0.1, 0.15) is 36.7 Å². The number of hydrogen-bond acceptors (Lipinski definition) is 2. The SMILES string of the molecule is CCCCN(C)C(=O)Cc1c(C)nc2c(C)cccn12. The molecule has 4 nitrogen and oxygen atoms in total. The fraction of sp³-hybridized carbons (Fsp3) is 0.500. The summed E-state index contributed by atoms with van der Waals surface area (Å²) in [5, 5.41) is 0. The summed E-state index contributed by atoms with van der Waals surface area (Å²) >= 11 is 0. The third-order valence-electron chi connectivity index (χ3n) is 3.74. The fourth-order valence-corrected chi connectivity index (χ4v) is 2.38. The van der Waals surface area contributed by atoms with Crippen LogP contribution in [0, 0.1) is 13.8 Å². The molecule has 0 spiro atoms. The van der Waals surface area contributed by atoms with E-state index in [0.29, 0.717) is 6.42 Å². The predicted molar refractivity (Wildman–Crippen MR) is 80.9 cm³/mol. The van der Waals surface area contributed by atoms with Gasteiger partial charge in [-0.2, -0.15) is 0 Å². The molecule has 0 bridgehead atoms. The number of amides is 1. The molecule has 2 aromatic rings. The third kappa shape index (κ3) is 2.84. The predicted octanol–water partition coefficient (Wildman–Crippen LogP) is 2.75. The molecule has 0 aliphatic heterocycles. The second-order valence-corrected chi connectivity index (χ2v) is 5.37. The van der Waals surface area contributed by atoms with Gasteiger partial charge in [0.1, 0.15) is 5.65 Å². The topological polar surface area (TPSA) is 37.6 Å². The lowest BCUT2D eigenvalue weighted by molar-refractivity contribution is -0.129. The van der Waals surface area contributed by atoms with E-state index >= 15 is 0 Å². The van der Waals surface area contributed by atoms with Gasteiger partial charge in [0.2, 0.25) is 5.91 Å². The first-order valence-corrected chi connectivity index (χ1v) is 7.21. The van der Waals surface area contributed by atoms with Crippen LogP contribution in [0.25, 0.3) is 5.65 Å². The molecule has 0 N–H and O–H groups in total. The summed E-state index contributed by atoms with van der Waals surface area (Å²) in [5.74, 6) is 0.157. The second-order valence-electron chi connectivity index (χ2n) is 5.37. The average molecular weight is 273 g/mol. The van der Waals surface area contributed by atoms with Crippen molar-refractivity contribution in [2.75, 3.05) is 13.6 Å². The summed E-state index contributed by atoms with van der Waals surface area (Å²) in [5.41, 5.74) is 4.02. The molecular formula is C16H23N3O. The zero-order valence-electron chi connectivity index (χ0n) is 12.8. The van der Waals surface area contributed by atoms with Gasteiger partial charge in [-0.3, -0.25) is 4.79 Å². The smallest absolute Gasteiger partial charge is 0.228 e. The third-order valence-corrected chi connectivity index (χ3v) is 3.74. The van der Waals surface area contributed by atoms with Crippen LogP contribution in [0.5, 0.6) is 0 Å². The Balaban J connectivity index is 2.23. The molecule has 0 aliphatic carbocycles. The normalized spacial score (nSPS) is 11.0. The van der Waals surface area contributed by atoms with Crippen molar-refractivity contribution in [3.05, 3.63) is 35.3 Å². The molecule has 2 rings (SSSR count). The number of hydrogen-bond donors (Lipinski definition) is 0. The largest absolute Gasteiger partial charge is 0.345 e. The number of pyridine rings is 1. The molecule has 0 fully saturated rings. The van der Waals surface area contributed by atoms with Crippen LogP contribution in [0.15, 0.2) is 18.3 Å². The van der Waals surface area contributed by atoms with Gasteiger partial charge in [0.25, 0.3) is 0 Å². The van der Waals surface area contributed by atoms with E-state index in [9.17, 15) is 4.79 Å². The number of rotatable bonds is 5. The highest BCUT2D eigenvalue weighted by molar-refractivity contribution is 5.78. The lowest BCUT2D eigenvalue weighted by atomic mass is 10.2. The quantitative estimate of drug-likeness (QED) is 0.840. The summed E-state index contributed by atoms with van der Waals surface area (Å²) < 4.78 is 2.04. The van der Waals surface area contributed by atoms with Crippen molar-refractivity contribution in [2.45, 2.75) is 40.0 Å². The maximum absolute atomic E-state index is 12.3. The highest BCUT2D eigenvalue weighted by atomic mass is 16.2. The molecule has 0 aromatic carbocycles. The molecule has 0 unspecified atom stereocenters. The van der Waals surface area contributed by atoms with Gasteiger partial charge in [-0.25, -0.2) is 4.98 Å². The van der Waals surface area contributed by atoms with Crippen molar-refractivity contribution in [3.63, 3.8) is 0 Å². The Kier molecular flexibility index (Phi) is 4.42. The minimum absolute atomic E-state index is 0.157. The second kappa shape index (κ2) is 6.07. The molecule has 4 heteroatoms. The Morgan fingerprint density at radius 3 is 2.85 bits per heavy atom. The molecule has 108 valence electrons. The van der Waals surface area contributed by atoms with E-state index in [2.05, 4.69) is 11.9 Å². The standard InChI is InChI=1S/C16H23N3O/c1-5-6-9-18(4)15(20)11-14-13(3)17-16-12(2)8-7-10-19(14)16/h7-8,10H,5-6,9,11H2,1-4H3. The first-order chi connectivity index (χ1) is 9.54. The Hall–Kier alpha value is -1.84. The number of fused-ring (bicyclic) bond motifs is 1. The van der Waals surface area contributed by atoms with E-state index in [1.807, 2.05) is 48.5 Å². The minimum atomic E-state index is 0.157. The van der Waals surface area contributed by atoms with E-state index < -0.39 is 0 Å². The first kappa shape index (κ1) is 14.6. The van der Waals surface area contributed by atoms with Gasteiger partial charge in [0, 0.05) is 19.8 Å². The summed E-state index contributed by atoms with van der Waals surface area (Å²) in [6.07, 6.45) is 4.55. The van der Waals surface area contributed by atoms with Gasteiger partial charge in [-0.1, -0.05) is 19.4 Å². The number of unbranched alkanes of at least 4 members (excludes halogenated alkanes) is 1. The molecule has 0 saturated heterocycles. The number of aryl methyl sites for hydroxylation is 2. The minimum Gasteiger partial charge on any atom is -0.345 e. The summed E-state index contributed by atoms with van der Waals surface area (Å²) in [4.78, 5) is 18.7. The molecule has 2 heterocycles. The van der Waals surface area contributed by atoms with E-state index in [1.54, 1.807) is 0 Å². The van der Waals surface area contributed by atoms with Crippen molar-refractivity contribution >= 4 is 11.6 Å². The maximum atomic E-state index is 12.3. The zero-order valence-corrected chi connectivity index (χ0v) is 12.8. The number of carbonyl (C=O) groups is 1. The van der Waals surface area contributed by atoms with Crippen molar-refractivity contribution in [3.8, 4) is 0 Å². The number of nitrogens with zero attached hydrogens (tertiary/aromatic N) is 3. The molecule has 0 atom stereocenters. The van der Waals surface area contributed by atoms with E-state index in [0.717, 1.165) is 42.0 Å². The van der Waals surface area contributed by atoms with Gasteiger partial charge >= 0.3 is 0 Å². The van der Waals surface area contributed by atoms with Gasteiger partial charge in [-0.15, -0.1) is 0 Å². The van der Waals surface area contributed by atoms with Gasteiger partial charge < -0.3 is 9.30 Å². The molecule has 20 heavy (non-hydrogen) atoms. The van der Waals surface area contributed by atoms with Crippen LogP contribution >= 0.6 is 0 Å². The number of carbonyl (C=O) groups excluding carboxylic acids is 1. The van der Waals surface area contributed by atoms with Gasteiger partial charge in [-0.05, 0) is 31.9 Å². The van der Waals surface area contributed by atoms with Crippen LogP contribution in [0.4, 0.5) is 0 Å². The van der Waals surface area contributed by atoms with Crippen molar-refractivity contribution in [2.24, 2.45) is 0 Å². The van der Waals surface area contributed by atoms with E-state index in [4.69, 9.17) is 0 Å². The zero-order chi connectivity index (χ0) is 14.7. The molecule has 0 saturated carbocycles. The monoisotopic (exact) mass is 273 g/mol. The van der Waals surface area contributed by atoms with Crippen LogP contribution in [0.2, 0.25) is 0 Å². The number of likely N-dealkylation sites (N-methyl/N-ethyl adjacent to an activating group) is 1. The fourth-order valence-electron chi connectivity index (χ4n) is 2.38. The van der Waals surface area contributed by atoms with Crippen molar-refractivity contribution in [1.82, 2.24) is 14.3 Å². The highest BCUT2D eigenvalue weighted by Gasteiger charge is 2.16. The van der Waals surface area contributed by atoms with Crippen LogP contribution in [0.3, 0.4) is 0 Å². The van der Waals surface area contributed by atoms with Crippen molar-refractivity contribution < 1.29 is 4.79 Å². The Morgan fingerprint density at radius 1 is 1.40 bits per heavy atom. The lowest BCUT2D eigenvalue weighted by Gasteiger charge is -2.16. The Labute approximate surface area is 120 Å². The molecule has 0 aliphatic rings. The highest BCUT2D eigenvalue weighted by Crippen LogP contribution is 2.16. The molecule has 1 amide bonds. The van der Waals surface area contributed by atoms with Gasteiger partial charge in [0.05, 0.1) is 17.8 Å². The van der Waals surface area contributed by atoms with Crippen molar-refractivity contribution in [1.29, 1.82) is 0 Å². The Morgan fingerprint density at radius 2 is 2.15 bits per heavy atom. The van der Waals surface area contributed by atoms with Crippen LogP contribution in [-0.2, 0) is 11.2 Å². The summed E-state index contributed by atoms with van der Waals surface area (Å²) in [6, 6.07) is 4.04. The van der Waals surface area contributed by atoms with E-state index in [1.165, 1.54) is 0 Å². The molecular weight excluding hydrogens is 250 g/mol. The first-order valence-electron chi connectivity index (χ1n) is 7.21.